The van der Waals surface area contributed by atoms with Crippen LogP contribution in [0.15, 0.2) is 48.8 Å². The molecular formula is C25H24F2N2O5. The van der Waals surface area contributed by atoms with Gasteiger partial charge >= 0.3 is 0 Å². The van der Waals surface area contributed by atoms with Gasteiger partial charge < -0.3 is 29.4 Å². The maximum Gasteiger partial charge on any atom is 0.165 e. The van der Waals surface area contributed by atoms with E-state index in [-0.39, 0.29) is 31.1 Å². The van der Waals surface area contributed by atoms with Gasteiger partial charge in [0.1, 0.15) is 29.9 Å². The summed E-state index contributed by atoms with van der Waals surface area (Å²) in [5, 5.41) is 29.3. The number of aliphatic hydroxyl groups excluding tert-OH is 3. The Morgan fingerprint density at radius 1 is 1.21 bits per heavy atom. The van der Waals surface area contributed by atoms with Crippen LogP contribution >= 0.6 is 0 Å². The summed E-state index contributed by atoms with van der Waals surface area (Å²) in [5.41, 5.74) is 1.11. The Labute approximate surface area is 195 Å². The van der Waals surface area contributed by atoms with Crippen LogP contribution in [-0.2, 0) is 4.74 Å². The fraction of sp³-hybridized carbons (Fsp3) is 0.320. The highest BCUT2D eigenvalue weighted by Crippen LogP contribution is 2.30. The molecule has 4 rings (SSSR count). The van der Waals surface area contributed by atoms with Crippen LogP contribution in [0.5, 0.6) is 5.75 Å². The predicted octanol–water partition coefficient (Wildman–Crippen LogP) is 2.61. The Hall–Kier alpha value is -3.29. The summed E-state index contributed by atoms with van der Waals surface area (Å²) in [5.74, 6) is 4.57. The van der Waals surface area contributed by atoms with Gasteiger partial charge in [-0.15, -0.1) is 0 Å². The van der Waals surface area contributed by atoms with E-state index in [1.807, 2.05) is 0 Å². The van der Waals surface area contributed by atoms with Gasteiger partial charge in [0.15, 0.2) is 17.7 Å². The number of aromatic nitrogens is 2. The summed E-state index contributed by atoms with van der Waals surface area (Å²) in [7, 11) is 0. The molecule has 0 saturated carbocycles. The van der Waals surface area contributed by atoms with Crippen molar-refractivity contribution in [1.29, 1.82) is 0 Å². The second kappa shape index (κ2) is 10.3. The summed E-state index contributed by atoms with van der Waals surface area (Å²) in [6.45, 7) is 1.49. The maximum atomic E-state index is 14.7. The van der Waals surface area contributed by atoms with Crippen LogP contribution in [-0.4, -0.2) is 56.9 Å². The Bertz CT molecular complexity index is 1200. The van der Waals surface area contributed by atoms with E-state index < -0.39 is 36.0 Å². The number of halogens is 2. The topological polar surface area (TPSA) is 97.0 Å². The summed E-state index contributed by atoms with van der Waals surface area (Å²) >= 11 is 0. The standard InChI is InChI=1S/C25H24F2N2O5/c1-15(31)25-28-8-9-29(25)18(12-30)7-4-16-2-5-17(6-3-16)19-10-21(27)23(11-20(19)26)34-24-14-33-13-22(24)32/h2-3,5-6,8-11,15,18,22,24,30-32H,12-14H2,1H3/t15-,18-,22+,24+/m0/s1. The van der Waals surface area contributed by atoms with Crippen molar-refractivity contribution in [3.63, 3.8) is 0 Å². The lowest BCUT2D eigenvalue weighted by Gasteiger charge is -2.16. The fourth-order valence-electron chi connectivity index (χ4n) is 3.65. The molecule has 2 aromatic carbocycles. The SMILES string of the molecule is C[C@H](O)c1nccn1[C@@H](C#Cc1ccc(-c2cc(F)c(O[C@@H]3COC[C@H]3O)cc2F)cc1)CO. The highest BCUT2D eigenvalue weighted by molar-refractivity contribution is 5.66. The van der Waals surface area contributed by atoms with Crippen LogP contribution in [0.4, 0.5) is 8.78 Å². The number of ether oxygens (including phenoxy) is 2. The van der Waals surface area contributed by atoms with E-state index in [1.54, 1.807) is 42.0 Å². The molecule has 0 radical (unpaired) electrons. The summed E-state index contributed by atoms with van der Waals surface area (Å²) in [6.07, 6.45) is 0.697. The lowest BCUT2D eigenvalue weighted by Crippen LogP contribution is -2.30. The number of rotatable bonds is 6. The lowest BCUT2D eigenvalue weighted by molar-refractivity contribution is 0.0705. The van der Waals surface area contributed by atoms with Crippen molar-refractivity contribution in [1.82, 2.24) is 9.55 Å². The van der Waals surface area contributed by atoms with Gasteiger partial charge in [-0.25, -0.2) is 13.8 Å². The fourth-order valence-corrected chi connectivity index (χ4v) is 3.65. The smallest absolute Gasteiger partial charge is 0.165 e. The zero-order valence-electron chi connectivity index (χ0n) is 18.4. The lowest BCUT2D eigenvalue weighted by atomic mass is 10.0. The Morgan fingerprint density at radius 3 is 2.62 bits per heavy atom. The first-order chi connectivity index (χ1) is 16.4. The van der Waals surface area contributed by atoms with E-state index in [0.717, 1.165) is 12.1 Å². The van der Waals surface area contributed by atoms with E-state index in [9.17, 15) is 24.1 Å². The first-order valence-corrected chi connectivity index (χ1v) is 10.7. The van der Waals surface area contributed by atoms with Gasteiger partial charge in [-0.2, -0.15) is 0 Å². The van der Waals surface area contributed by atoms with E-state index in [4.69, 9.17) is 9.47 Å². The number of hydrogen-bond acceptors (Lipinski definition) is 6. The van der Waals surface area contributed by atoms with Gasteiger partial charge in [0.2, 0.25) is 0 Å². The number of aliphatic hydroxyl groups is 3. The number of hydrogen-bond donors (Lipinski definition) is 3. The number of benzene rings is 2. The van der Waals surface area contributed by atoms with Gasteiger partial charge in [0.25, 0.3) is 0 Å². The van der Waals surface area contributed by atoms with Gasteiger partial charge in [-0.05, 0) is 30.7 Å². The number of imidazole rings is 1. The van der Waals surface area contributed by atoms with Crippen LogP contribution in [0.25, 0.3) is 11.1 Å². The zero-order chi connectivity index (χ0) is 24.2. The van der Waals surface area contributed by atoms with Crippen LogP contribution in [0.3, 0.4) is 0 Å². The average Bonchev–Trinajstić information content (AvgIpc) is 3.47. The molecule has 1 saturated heterocycles. The van der Waals surface area contributed by atoms with Gasteiger partial charge in [0.05, 0.1) is 19.8 Å². The first-order valence-electron chi connectivity index (χ1n) is 10.7. The Kier molecular flexibility index (Phi) is 7.24. The van der Waals surface area contributed by atoms with Crippen molar-refractivity contribution in [3.05, 3.63) is 71.8 Å². The third-order valence-electron chi connectivity index (χ3n) is 5.46. The van der Waals surface area contributed by atoms with Crippen molar-refractivity contribution < 1.29 is 33.6 Å². The molecule has 0 aliphatic carbocycles. The summed E-state index contributed by atoms with van der Waals surface area (Å²) in [6, 6.07) is 7.95. The van der Waals surface area contributed by atoms with E-state index in [1.165, 1.54) is 6.20 Å². The molecule has 0 spiro atoms. The molecular weight excluding hydrogens is 446 g/mol. The average molecular weight is 470 g/mol. The molecule has 4 atom stereocenters. The molecule has 0 amide bonds. The van der Waals surface area contributed by atoms with E-state index >= 15 is 0 Å². The Morgan fingerprint density at radius 2 is 1.97 bits per heavy atom. The van der Waals surface area contributed by atoms with Gasteiger partial charge in [0, 0.05) is 29.6 Å². The first kappa shape index (κ1) is 23.9. The number of nitrogens with zero attached hydrogens (tertiary/aromatic N) is 2. The maximum absolute atomic E-state index is 14.7. The van der Waals surface area contributed by atoms with Crippen molar-refractivity contribution >= 4 is 0 Å². The molecule has 0 unspecified atom stereocenters. The second-order valence-corrected chi connectivity index (χ2v) is 7.94. The largest absolute Gasteiger partial charge is 0.482 e. The third kappa shape index (κ3) is 5.11. The summed E-state index contributed by atoms with van der Waals surface area (Å²) in [4.78, 5) is 4.08. The van der Waals surface area contributed by atoms with Crippen LogP contribution in [0.1, 0.15) is 30.5 Å². The molecule has 9 heteroatoms. The van der Waals surface area contributed by atoms with Crippen molar-refractivity contribution in [2.24, 2.45) is 0 Å². The predicted molar refractivity (Wildman–Crippen MR) is 119 cm³/mol. The normalized spacial score (nSPS) is 19.4. The molecule has 3 aromatic rings. The van der Waals surface area contributed by atoms with Crippen LogP contribution in [0.2, 0.25) is 0 Å². The van der Waals surface area contributed by atoms with E-state index in [2.05, 4.69) is 16.8 Å². The van der Waals surface area contributed by atoms with Crippen LogP contribution in [0, 0.1) is 23.5 Å². The molecule has 1 aliphatic heterocycles. The molecule has 7 nitrogen and oxygen atoms in total. The molecule has 0 bridgehead atoms. The molecule has 34 heavy (non-hydrogen) atoms. The molecule has 3 N–H and O–H groups in total. The highest BCUT2D eigenvalue weighted by atomic mass is 19.1. The van der Waals surface area contributed by atoms with Crippen LogP contribution < -0.4 is 4.74 Å². The van der Waals surface area contributed by atoms with E-state index in [0.29, 0.717) is 17.0 Å². The molecule has 1 aliphatic rings. The van der Waals surface area contributed by atoms with Crippen molar-refractivity contribution in [2.75, 3.05) is 19.8 Å². The minimum atomic E-state index is -0.895. The molecule has 2 heterocycles. The monoisotopic (exact) mass is 470 g/mol. The summed E-state index contributed by atoms with van der Waals surface area (Å²) < 4.78 is 41.3. The highest BCUT2D eigenvalue weighted by Gasteiger charge is 2.29. The van der Waals surface area contributed by atoms with Gasteiger partial charge in [-0.3, -0.25) is 0 Å². The molecule has 1 fully saturated rings. The molecule has 178 valence electrons. The Balaban J connectivity index is 1.52. The third-order valence-corrected chi connectivity index (χ3v) is 5.46. The molecule has 1 aromatic heterocycles. The van der Waals surface area contributed by atoms with Crippen molar-refractivity contribution in [2.45, 2.75) is 31.3 Å². The minimum absolute atomic E-state index is 0.0563. The minimum Gasteiger partial charge on any atom is -0.482 e. The second-order valence-electron chi connectivity index (χ2n) is 7.94. The van der Waals surface area contributed by atoms with Crippen molar-refractivity contribution in [3.8, 4) is 28.7 Å². The van der Waals surface area contributed by atoms with Gasteiger partial charge in [-0.1, -0.05) is 24.0 Å². The quantitative estimate of drug-likeness (QED) is 0.480. The zero-order valence-corrected chi connectivity index (χ0v) is 18.4.